The van der Waals surface area contributed by atoms with Gasteiger partial charge < -0.3 is 4.74 Å². The summed E-state index contributed by atoms with van der Waals surface area (Å²) in [5.74, 6) is 3.50. The van der Waals surface area contributed by atoms with Crippen LogP contribution in [0.1, 0.15) is 22.3 Å². The third kappa shape index (κ3) is 3.86. The Balaban J connectivity index is 1.23. The van der Waals surface area contributed by atoms with Crippen LogP contribution in [-0.2, 0) is 5.41 Å². The number of ether oxygens (including phenoxy) is 1. The van der Waals surface area contributed by atoms with E-state index in [9.17, 15) is 0 Å². The Bertz CT molecular complexity index is 2490. The van der Waals surface area contributed by atoms with Crippen molar-refractivity contribution in [3.8, 4) is 56.8 Å². The molecular weight excluding hydrogens is 587 g/mol. The molecule has 1 atom stereocenters. The van der Waals surface area contributed by atoms with E-state index in [0.717, 1.165) is 39.3 Å². The molecule has 0 saturated heterocycles. The highest BCUT2D eigenvalue weighted by Crippen LogP contribution is 2.62. The SMILES string of the molecule is c1ccc(-c2nc(-c3ccccc3)nc(-c3ccc4c(c3)Oc3ccccc3C43c4ccccc4-c4cc5ccccc5cc43)n2)cc1. The van der Waals surface area contributed by atoms with Gasteiger partial charge in [0.25, 0.3) is 0 Å². The number of rotatable bonds is 3. The van der Waals surface area contributed by atoms with Gasteiger partial charge in [0.15, 0.2) is 17.5 Å². The first-order valence-electron chi connectivity index (χ1n) is 16.2. The van der Waals surface area contributed by atoms with Gasteiger partial charge in [-0.1, -0.05) is 140 Å². The quantitative estimate of drug-likeness (QED) is 0.199. The van der Waals surface area contributed by atoms with Crippen LogP contribution >= 0.6 is 0 Å². The Morgan fingerprint density at radius 1 is 0.354 bits per heavy atom. The molecule has 1 aliphatic heterocycles. The summed E-state index contributed by atoms with van der Waals surface area (Å²) in [5, 5.41) is 2.45. The first-order chi connectivity index (χ1) is 23.8. The first kappa shape index (κ1) is 26.8. The van der Waals surface area contributed by atoms with Crippen LogP contribution < -0.4 is 4.74 Å². The fourth-order valence-electron chi connectivity index (χ4n) is 7.67. The molecule has 0 saturated carbocycles. The second kappa shape index (κ2) is 10.3. The highest BCUT2D eigenvalue weighted by Gasteiger charge is 2.51. The number of hydrogen-bond acceptors (Lipinski definition) is 4. The fraction of sp³-hybridized carbons (Fsp3) is 0.0227. The molecule has 0 N–H and O–H groups in total. The summed E-state index contributed by atoms with van der Waals surface area (Å²) in [6.07, 6.45) is 0. The Hall–Kier alpha value is -6.39. The van der Waals surface area contributed by atoms with Crippen LogP contribution in [0.3, 0.4) is 0 Å². The van der Waals surface area contributed by atoms with Gasteiger partial charge in [-0.25, -0.2) is 15.0 Å². The average Bonchev–Trinajstić information content (AvgIpc) is 3.44. The molecule has 8 aromatic rings. The Morgan fingerprint density at radius 3 is 1.60 bits per heavy atom. The van der Waals surface area contributed by atoms with Crippen LogP contribution in [0.25, 0.3) is 56.1 Å². The van der Waals surface area contributed by atoms with Crippen LogP contribution in [0.15, 0.2) is 164 Å². The van der Waals surface area contributed by atoms with Crippen molar-refractivity contribution in [1.82, 2.24) is 15.0 Å². The molecule has 10 rings (SSSR count). The van der Waals surface area contributed by atoms with E-state index < -0.39 is 5.41 Å². The summed E-state index contributed by atoms with van der Waals surface area (Å²) in [6.45, 7) is 0. The molecule has 0 bridgehead atoms. The molecule has 48 heavy (non-hydrogen) atoms. The molecule has 0 radical (unpaired) electrons. The number of fused-ring (bicyclic) bond motifs is 10. The number of para-hydroxylation sites is 1. The lowest BCUT2D eigenvalue weighted by atomic mass is 9.66. The van der Waals surface area contributed by atoms with E-state index in [1.807, 2.05) is 66.7 Å². The van der Waals surface area contributed by atoms with Crippen molar-refractivity contribution < 1.29 is 4.74 Å². The van der Waals surface area contributed by atoms with Gasteiger partial charge in [-0.3, -0.25) is 0 Å². The molecule has 2 heterocycles. The van der Waals surface area contributed by atoms with Crippen LogP contribution in [0, 0.1) is 0 Å². The molecule has 224 valence electrons. The third-order valence-corrected chi connectivity index (χ3v) is 9.77. The first-order valence-corrected chi connectivity index (χ1v) is 16.2. The number of nitrogens with zero attached hydrogens (tertiary/aromatic N) is 3. The second-order valence-corrected chi connectivity index (χ2v) is 12.4. The topological polar surface area (TPSA) is 47.9 Å². The maximum atomic E-state index is 6.80. The second-order valence-electron chi connectivity index (χ2n) is 12.4. The minimum Gasteiger partial charge on any atom is -0.457 e. The van der Waals surface area contributed by atoms with Gasteiger partial charge in [0.05, 0.1) is 5.41 Å². The Morgan fingerprint density at radius 2 is 0.896 bits per heavy atom. The van der Waals surface area contributed by atoms with Crippen molar-refractivity contribution in [2.24, 2.45) is 0 Å². The highest BCUT2D eigenvalue weighted by atomic mass is 16.5. The largest absolute Gasteiger partial charge is 0.457 e. The van der Waals surface area contributed by atoms with Crippen molar-refractivity contribution in [3.05, 3.63) is 186 Å². The molecule has 1 aromatic heterocycles. The van der Waals surface area contributed by atoms with Gasteiger partial charge in [0, 0.05) is 27.8 Å². The van der Waals surface area contributed by atoms with E-state index in [0.29, 0.717) is 17.5 Å². The molecule has 2 aliphatic rings. The lowest BCUT2D eigenvalue weighted by Crippen LogP contribution is -2.32. The summed E-state index contributed by atoms with van der Waals surface area (Å²) in [4.78, 5) is 14.9. The molecule has 1 spiro atoms. The van der Waals surface area contributed by atoms with E-state index in [2.05, 4.69) is 97.1 Å². The minimum atomic E-state index is -0.553. The van der Waals surface area contributed by atoms with Gasteiger partial charge in [-0.2, -0.15) is 0 Å². The van der Waals surface area contributed by atoms with Gasteiger partial charge in [0.2, 0.25) is 0 Å². The van der Waals surface area contributed by atoms with Crippen LogP contribution in [0.2, 0.25) is 0 Å². The zero-order chi connectivity index (χ0) is 31.7. The average molecular weight is 614 g/mol. The van der Waals surface area contributed by atoms with Gasteiger partial charge in [-0.05, 0) is 57.3 Å². The molecule has 0 fully saturated rings. The zero-order valence-electron chi connectivity index (χ0n) is 25.8. The fourth-order valence-corrected chi connectivity index (χ4v) is 7.67. The van der Waals surface area contributed by atoms with Gasteiger partial charge >= 0.3 is 0 Å². The molecule has 0 amide bonds. The van der Waals surface area contributed by atoms with E-state index >= 15 is 0 Å². The minimum absolute atomic E-state index is 0.553. The Labute approximate surface area is 278 Å². The van der Waals surface area contributed by atoms with Crippen molar-refractivity contribution >= 4 is 10.8 Å². The van der Waals surface area contributed by atoms with Gasteiger partial charge in [-0.15, -0.1) is 0 Å². The molecular formula is C44H27N3O. The molecule has 4 heteroatoms. The van der Waals surface area contributed by atoms with E-state index in [1.165, 1.54) is 33.0 Å². The lowest BCUT2D eigenvalue weighted by Gasteiger charge is -2.39. The van der Waals surface area contributed by atoms with Crippen LogP contribution in [-0.4, -0.2) is 15.0 Å². The molecule has 4 nitrogen and oxygen atoms in total. The third-order valence-electron chi connectivity index (χ3n) is 9.77. The molecule has 1 aliphatic carbocycles. The predicted molar refractivity (Wildman–Crippen MR) is 191 cm³/mol. The zero-order valence-corrected chi connectivity index (χ0v) is 25.8. The van der Waals surface area contributed by atoms with Crippen molar-refractivity contribution in [2.45, 2.75) is 5.41 Å². The summed E-state index contributed by atoms with van der Waals surface area (Å²) < 4.78 is 6.80. The van der Waals surface area contributed by atoms with Crippen molar-refractivity contribution in [3.63, 3.8) is 0 Å². The van der Waals surface area contributed by atoms with E-state index in [4.69, 9.17) is 19.7 Å². The maximum absolute atomic E-state index is 6.80. The lowest BCUT2D eigenvalue weighted by molar-refractivity contribution is 0.436. The van der Waals surface area contributed by atoms with Crippen molar-refractivity contribution in [1.29, 1.82) is 0 Å². The normalized spacial score (nSPS) is 15.3. The number of hydrogen-bond donors (Lipinski definition) is 0. The summed E-state index contributed by atoms with van der Waals surface area (Å²) in [6, 6.07) is 57.3. The van der Waals surface area contributed by atoms with Gasteiger partial charge in [0.1, 0.15) is 11.5 Å². The highest BCUT2D eigenvalue weighted by molar-refractivity contribution is 5.97. The van der Waals surface area contributed by atoms with Crippen LogP contribution in [0.5, 0.6) is 11.5 Å². The summed E-state index contributed by atoms with van der Waals surface area (Å²) >= 11 is 0. The van der Waals surface area contributed by atoms with E-state index in [-0.39, 0.29) is 0 Å². The van der Waals surface area contributed by atoms with Crippen molar-refractivity contribution in [2.75, 3.05) is 0 Å². The smallest absolute Gasteiger partial charge is 0.164 e. The number of aromatic nitrogens is 3. The van der Waals surface area contributed by atoms with E-state index in [1.54, 1.807) is 0 Å². The standard InChI is InChI=1S/C44H27N3O/c1-3-13-28(14-4-1)41-45-42(29-15-5-2-6-16-29)47-43(46-41)32-23-24-37-40(27-32)48-39-22-12-11-21-36(39)44(37)35-20-10-9-19-33(35)34-25-30-17-7-8-18-31(30)26-38(34)44/h1-27H. The molecule has 1 unspecified atom stereocenters. The predicted octanol–water partition coefficient (Wildman–Crippen LogP) is 10.5. The Kier molecular flexibility index (Phi) is 5.75. The summed E-state index contributed by atoms with van der Waals surface area (Å²) in [5.41, 5.74) is 9.47. The molecule has 7 aromatic carbocycles. The van der Waals surface area contributed by atoms with Crippen LogP contribution in [0.4, 0.5) is 0 Å². The summed E-state index contributed by atoms with van der Waals surface area (Å²) in [7, 11) is 0. The monoisotopic (exact) mass is 613 g/mol. The maximum Gasteiger partial charge on any atom is 0.164 e. The number of benzene rings is 7.